The Morgan fingerprint density at radius 1 is 1.35 bits per heavy atom. The summed E-state index contributed by atoms with van der Waals surface area (Å²) in [7, 11) is -2.43. The third-order valence-corrected chi connectivity index (χ3v) is 4.57. The molecule has 0 saturated carbocycles. The van der Waals surface area contributed by atoms with E-state index in [0.717, 1.165) is 9.87 Å². The molecule has 5 nitrogen and oxygen atoms in total. The predicted molar refractivity (Wildman–Crippen MR) is 63.9 cm³/mol. The lowest BCUT2D eigenvalue weighted by molar-refractivity contribution is -0.136. The van der Waals surface area contributed by atoms with Crippen LogP contribution in [0, 0.1) is 0 Å². The number of hydrogen-bond donors (Lipinski definition) is 1. The van der Waals surface area contributed by atoms with Gasteiger partial charge in [-0.05, 0) is 12.5 Å². The molecule has 0 spiro atoms. The quantitative estimate of drug-likeness (QED) is 0.851. The molecule has 1 atom stereocenters. The summed E-state index contributed by atoms with van der Waals surface area (Å²) in [6, 6.07) is 9.01. The fourth-order valence-electron chi connectivity index (χ4n) is 1.33. The van der Waals surface area contributed by atoms with Crippen LogP contribution in [-0.4, -0.2) is 36.1 Å². The van der Waals surface area contributed by atoms with Gasteiger partial charge in [-0.15, -0.1) is 0 Å². The Labute approximate surface area is 101 Å². The molecule has 0 bridgehead atoms. The van der Waals surface area contributed by atoms with Crippen LogP contribution in [0.2, 0.25) is 0 Å². The van der Waals surface area contributed by atoms with Crippen LogP contribution < -0.4 is 0 Å². The number of hydrogen-bond acceptors (Lipinski definition) is 3. The molecular weight excluding hydrogens is 242 g/mol. The zero-order chi connectivity index (χ0) is 13.1. The first kappa shape index (κ1) is 13.7. The minimum atomic E-state index is -3.80. The van der Waals surface area contributed by atoms with E-state index in [4.69, 9.17) is 5.11 Å². The molecule has 6 heteroatoms. The number of sulfonamides is 1. The molecule has 0 radical (unpaired) electrons. The maximum atomic E-state index is 11.8. The van der Waals surface area contributed by atoms with E-state index in [1.807, 2.05) is 6.07 Å². The summed E-state index contributed by atoms with van der Waals surface area (Å²) in [5.74, 6) is -1.34. The van der Waals surface area contributed by atoms with Crippen molar-refractivity contribution in [3.8, 4) is 0 Å². The van der Waals surface area contributed by atoms with Crippen LogP contribution in [0.3, 0.4) is 0 Å². The lowest BCUT2D eigenvalue weighted by Crippen LogP contribution is -2.38. The topological polar surface area (TPSA) is 74.7 Å². The molecule has 1 N–H and O–H groups in total. The Morgan fingerprint density at radius 2 is 1.88 bits per heavy atom. The van der Waals surface area contributed by atoms with Gasteiger partial charge in [0.2, 0.25) is 10.0 Å². The standard InChI is InChI=1S/C11H15NO4S/c1-9(11(13)14)17(15,16)12(2)8-10-6-4-3-5-7-10/h3-7,9H,8H2,1-2H3,(H,13,14). The largest absolute Gasteiger partial charge is 0.480 e. The van der Waals surface area contributed by atoms with E-state index in [9.17, 15) is 13.2 Å². The Hall–Kier alpha value is -1.40. The SMILES string of the molecule is CC(C(=O)O)S(=O)(=O)N(C)Cc1ccccc1. The molecule has 17 heavy (non-hydrogen) atoms. The van der Waals surface area contributed by atoms with Crippen molar-refractivity contribution in [2.75, 3.05) is 7.05 Å². The summed E-state index contributed by atoms with van der Waals surface area (Å²) in [4.78, 5) is 10.7. The Morgan fingerprint density at radius 3 is 2.35 bits per heavy atom. The second-order valence-corrected chi connectivity index (χ2v) is 6.13. The van der Waals surface area contributed by atoms with Crippen LogP contribution in [0.1, 0.15) is 12.5 Å². The average Bonchev–Trinajstić information content (AvgIpc) is 2.29. The lowest BCUT2D eigenvalue weighted by Gasteiger charge is -2.19. The van der Waals surface area contributed by atoms with Crippen molar-refractivity contribution in [1.29, 1.82) is 0 Å². The monoisotopic (exact) mass is 257 g/mol. The minimum absolute atomic E-state index is 0.167. The molecule has 1 aromatic carbocycles. The van der Waals surface area contributed by atoms with Crippen molar-refractivity contribution in [3.05, 3.63) is 35.9 Å². The fourth-order valence-corrected chi connectivity index (χ4v) is 2.45. The van der Waals surface area contributed by atoms with Gasteiger partial charge < -0.3 is 5.11 Å². The molecule has 0 fully saturated rings. The van der Waals surface area contributed by atoms with Gasteiger partial charge in [0.15, 0.2) is 5.25 Å². The average molecular weight is 257 g/mol. The van der Waals surface area contributed by atoms with Crippen molar-refractivity contribution in [2.45, 2.75) is 18.7 Å². The van der Waals surface area contributed by atoms with Gasteiger partial charge in [-0.3, -0.25) is 4.79 Å². The van der Waals surface area contributed by atoms with Crippen LogP contribution >= 0.6 is 0 Å². The van der Waals surface area contributed by atoms with Gasteiger partial charge >= 0.3 is 5.97 Å². The highest BCUT2D eigenvalue weighted by Crippen LogP contribution is 2.11. The van der Waals surface area contributed by atoms with Gasteiger partial charge in [0.1, 0.15) is 0 Å². The van der Waals surface area contributed by atoms with Crippen molar-refractivity contribution >= 4 is 16.0 Å². The van der Waals surface area contributed by atoms with Crippen molar-refractivity contribution in [2.24, 2.45) is 0 Å². The first-order chi connectivity index (χ1) is 7.85. The first-order valence-corrected chi connectivity index (χ1v) is 6.58. The van der Waals surface area contributed by atoms with E-state index in [1.165, 1.54) is 14.0 Å². The van der Waals surface area contributed by atoms with E-state index in [1.54, 1.807) is 24.3 Å². The zero-order valence-electron chi connectivity index (χ0n) is 9.70. The van der Waals surface area contributed by atoms with Crippen LogP contribution in [0.25, 0.3) is 0 Å². The third kappa shape index (κ3) is 3.28. The van der Waals surface area contributed by atoms with Gasteiger partial charge in [0.05, 0.1) is 0 Å². The molecule has 0 aliphatic heterocycles. The molecule has 0 aliphatic rings. The van der Waals surface area contributed by atoms with Crippen LogP contribution in [0.5, 0.6) is 0 Å². The van der Waals surface area contributed by atoms with Gasteiger partial charge in [0.25, 0.3) is 0 Å². The van der Waals surface area contributed by atoms with Crippen molar-refractivity contribution in [1.82, 2.24) is 4.31 Å². The summed E-state index contributed by atoms with van der Waals surface area (Å²) < 4.78 is 24.7. The first-order valence-electron chi connectivity index (χ1n) is 5.07. The van der Waals surface area contributed by atoms with E-state index in [2.05, 4.69) is 0 Å². The van der Waals surface area contributed by atoms with E-state index < -0.39 is 21.2 Å². The third-order valence-electron chi connectivity index (χ3n) is 2.48. The second-order valence-electron chi connectivity index (χ2n) is 3.77. The highest BCUT2D eigenvalue weighted by atomic mass is 32.2. The van der Waals surface area contributed by atoms with Gasteiger partial charge in [-0.25, -0.2) is 8.42 Å². The summed E-state index contributed by atoms with van der Waals surface area (Å²) in [5, 5.41) is 7.29. The number of nitrogens with zero attached hydrogens (tertiary/aromatic N) is 1. The van der Waals surface area contributed by atoms with E-state index >= 15 is 0 Å². The van der Waals surface area contributed by atoms with Crippen LogP contribution in [0.4, 0.5) is 0 Å². The fraction of sp³-hybridized carbons (Fsp3) is 0.364. The Bertz CT molecular complexity index is 483. The Kier molecular flexibility index (Phi) is 4.25. The molecule has 0 aromatic heterocycles. The molecule has 0 saturated heterocycles. The van der Waals surface area contributed by atoms with Gasteiger partial charge in [-0.2, -0.15) is 4.31 Å². The summed E-state index contributed by atoms with van der Waals surface area (Å²) >= 11 is 0. The summed E-state index contributed by atoms with van der Waals surface area (Å²) in [6.45, 7) is 1.33. The van der Waals surface area contributed by atoms with Crippen molar-refractivity contribution < 1.29 is 18.3 Å². The van der Waals surface area contributed by atoms with E-state index in [0.29, 0.717) is 0 Å². The molecule has 94 valence electrons. The number of carbonyl (C=O) groups is 1. The maximum absolute atomic E-state index is 11.8. The molecule has 1 rings (SSSR count). The maximum Gasteiger partial charge on any atom is 0.323 e. The summed E-state index contributed by atoms with van der Waals surface area (Å²) in [6.07, 6.45) is 0. The zero-order valence-corrected chi connectivity index (χ0v) is 10.5. The highest BCUT2D eigenvalue weighted by molar-refractivity contribution is 7.90. The lowest BCUT2D eigenvalue weighted by atomic mass is 10.2. The van der Waals surface area contributed by atoms with Gasteiger partial charge in [-0.1, -0.05) is 30.3 Å². The molecule has 1 aromatic rings. The van der Waals surface area contributed by atoms with Crippen LogP contribution in [0.15, 0.2) is 30.3 Å². The predicted octanol–water partition coefficient (Wildman–Crippen LogP) is 0.921. The summed E-state index contributed by atoms with van der Waals surface area (Å²) in [5.41, 5.74) is 0.816. The second kappa shape index (κ2) is 5.29. The number of benzene rings is 1. The van der Waals surface area contributed by atoms with Crippen molar-refractivity contribution in [3.63, 3.8) is 0 Å². The van der Waals surface area contributed by atoms with Crippen LogP contribution in [-0.2, 0) is 21.4 Å². The number of rotatable bonds is 5. The highest BCUT2D eigenvalue weighted by Gasteiger charge is 2.31. The smallest absolute Gasteiger partial charge is 0.323 e. The molecule has 1 unspecified atom stereocenters. The molecular formula is C11H15NO4S. The molecule has 0 amide bonds. The number of carboxylic acids is 1. The molecule has 0 aliphatic carbocycles. The molecule has 0 heterocycles. The Balaban J connectivity index is 2.84. The number of carboxylic acid groups (broad SMARTS) is 1. The minimum Gasteiger partial charge on any atom is -0.480 e. The normalized spacial score (nSPS) is 13.6. The van der Waals surface area contributed by atoms with Gasteiger partial charge in [0, 0.05) is 13.6 Å². The number of aliphatic carboxylic acids is 1. The van der Waals surface area contributed by atoms with E-state index in [-0.39, 0.29) is 6.54 Å².